The highest BCUT2D eigenvalue weighted by molar-refractivity contribution is 8.17. The number of ether oxygens (including phenoxy) is 2. The summed E-state index contributed by atoms with van der Waals surface area (Å²) in [6.07, 6.45) is 0. The average molecular weight is 439 g/mol. The lowest BCUT2D eigenvalue weighted by Gasteiger charge is -2.42. The van der Waals surface area contributed by atoms with Crippen molar-refractivity contribution in [3.8, 4) is 5.75 Å². The molecule has 0 aliphatic carbocycles. The summed E-state index contributed by atoms with van der Waals surface area (Å²) in [5.41, 5.74) is 1.48. The number of methoxy groups -OCH3 is 2. The molecule has 0 saturated carbocycles. The number of anilines is 1. The molecule has 0 bridgehead atoms. The topological polar surface area (TPSA) is 87.0 Å². The second-order valence-electron chi connectivity index (χ2n) is 6.76. The molecule has 0 fully saturated rings. The van der Waals surface area contributed by atoms with Gasteiger partial charge in [0.05, 0.1) is 19.9 Å². The van der Waals surface area contributed by atoms with Gasteiger partial charge in [-0.1, -0.05) is 18.2 Å². The Bertz CT molecular complexity index is 1070. The quantitative estimate of drug-likeness (QED) is 0.677. The van der Waals surface area contributed by atoms with Gasteiger partial charge in [-0.25, -0.2) is 9.80 Å². The van der Waals surface area contributed by atoms with Gasteiger partial charge in [-0.15, -0.1) is 5.10 Å². The highest BCUT2D eigenvalue weighted by Gasteiger charge is 2.60. The van der Waals surface area contributed by atoms with Crippen LogP contribution in [0, 0.1) is 0 Å². The number of carbonyl (C=O) groups is 2. The smallest absolute Gasteiger partial charge is 0.365 e. The molecule has 2 aromatic rings. The van der Waals surface area contributed by atoms with Gasteiger partial charge in [0.15, 0.2) is 5.84 Å². The largest absolute Gasteiger partial charge is 0.497 e. The molecule has 0 N–H and O–H groups in total. The third-order valence-corrected chi connectivity index (χ3v) is 6.27. The zero-order chi connectivity index (χ0) is 22.2. The Labute approximate surface area is 183 Å². The maximum atomic E-state index is 12.7. The van der Waals surface area contributed by atoms with E-state index >= 15 is 0 Å². The van der Waals surface area contributed by atoms with Crippen molar-refractivity contribution in [3.63, 3.8) is 0 Å². The number of amides is 1. The molecule has 2 aliphatic heterocycles. The Morgan fingerprint density at radius 3 is 2.26 bits per heavy atom. The molecule has 10 heteroatoms. The third-order valence-electron chi connectivity index (χ3n) is 4.93. The summed E-state index contributed by atoms with van der Waals surface area (Å²) in [6, 6.07) is 16.7. The van der Waals surface area contributed by atoms with Crippen LogP contribution in [0.1, 0.15) is 12.5 Å². The van der Waals surface area contributed by atoms with Gasteiger partial charge < -0.3 is 14.4 Å². The Morgan fingerprint density at radius 2 is 1.68 bits per heavy atom. The molecule has 31 heavy (non-hydrogen) atoms. The van der Waals surface area contributed by atoms with Gasteiger partial charge in [0, 0.05) is 19.5 Å². The Balaban J connectivity index is 1.84. The van der Waals surface area contributed by atoms with Crippen LogP contribution in [0.25, 0.3) is 0 Å². The fourth-order valence-corrected chi connectivity index (χ4v) is 4.69. The Hall–Kier alpha value is -3.53. The summed E-state index contributed by atoms with van der Waals surface area (Å²) in [7, 11) is 4.70. The van der Waals surface area contributed by atoms with E-state index in [1.165, 1.54) is 19.0 Å². The first kappa shape index (κ1) is 20.7. The van der Waals surface area contributed by atoms with Crippen LogP contribution in [0.2, 0.25) is 0 Å². The number of rotatable bonds is 4. The molecule has 2 heterocycles. The van der Waals surface area contributed by atoms with Gasteiger partial charge in [-0.2, -0.15) is 10.1 Å². The number of benzene rings is 2. The minimum Gasteiger partial charge on any atom is -0.497 e. The fourth-order valence-electron chi connectivity index (χ4n) is 3.43. The minimum atomic E-state index is -1.24. The summed E-state index contributed by atoms with van der Waals surface area (Å²) in [6.45, 7) is 1.43. The molecule has 4 rings (SSSR count). The van der Waals surface area contributed by atoms with Crippen LogP contribution in [0.5, 0.6) is 5.75 Å². The second kappa shape index (κ2) is 7.95. The lowest BCUT2D eigenvalue weighted by Crippen LogP contribution is -2.61. The lowest BCUT2D eigenvalue weighted by molar-refractivity contribution is -0.134. The number of carbonyl (C=O) groups excluding carboxylic acids is 2. The van der Waals surface area contributed by atoms with Gasteiger partial charge in [0.2, 0.25) is 11.0 Å². The predicted molar refractivity (Wildman–Crippen MR) is 119 cm³/mol. The summed E-state index contributed by atoms with van der Waals surface area (Å²) in [5.74, 6) is 0.371. The van der Waals surface area contributed by atoms with E-state index in [0.717, 1.165) is 17.3 Å². The zero-order valence-corrected chi connectivity index (χ0v) is 18.3. The number of amidine groups is 1. The van der Waals surface area contributed by atoms with Crippen LogP contribution in [-0.2, 0) is 14.3 Å². The van der Waals surface area contributed by atoms with Crippen molar-refractivity contribution < 1.29 is 19.1 Å². The number of hydrogen-bond donors (Lipinski definition) is 0. The lowest BCUT2D eigenvalue weighted by atomic mass is 10.2. The minimum absolute atomic E-state index is 0.121. The molecule has 0 aromatic heterocycles. The predicted octanol–water partition coefficient (Wildman–Crippen LogP) is 2.50. The normalized spacial score (nSPS) is 20.1. The van der Waals surface area contributed by atoms with Crippen molar-refractivity contribution in [2.24, 2.45) is 10.2 Å². The maximum Gasteiger partial charge on any atom is 0.365 e. The van der Waals surface area contributed by atoms with E-state index in [1.807, 2.05) is 66.5 Å². The van der Waals surface area contributed by atoms with E-state index in [-0.39, 0.29) is 11.0 Å². The van der Waals surface area contributed by atoms with Crippen molar-refractivity contribution in [2.75, 3.05) is 26.3 Å². The molecule has 0 unspecified atom stereocenters. The monoisotopic (exact) mass is 439 g/mol. The van der Waals surface area contributed by atoms with Crippen molar-refractivity contribution in [3.05, 3.63) is 60.2 Å². The highest BCUT2D eigenvalue weighted by atomic mass is 32.2. The standard InChI is InChI=1S/C21H21N5O4S/c1-14(27)25-21(24(2)18(22-25)15-10-12-17(29-3)13-11-15)26(16-8-6-5-7-9-16)23-19(31-21)20(28)30-4/h5-13H,1-4H3/t21-/m0/s1. The molecular weight excluding hydrogens is 418 g/mol. The summed E-state index contributed by atoms with van der Waals surface area (Å²) < 4.78 is 10.1. The molecular formula is C21H21N5O4S. The van der Waals surface area contributed by atoms with Crippen LogP contribution in [0.15, 0.2) is 64.8 Å². The number of nitrogens with zero attached hydrogens (tertiary/aromatic N) is 5. The van der Waals surface area contributed by atoms with Crippen LogP contribution in [-0.4, -0.2) is 59.1 Å². The molecule has 1 spiro atoms. The number of thioether (sulfide) groups is 1. The fraction of sp³-hybridized carbons (Fsp3) is 0.238. The summed E-state index contributed by atoms with van der Waals surface area (Å²) in [5, 5.41) is 11.0. The van der Waals surface area contributed by atoms with Gasteiger partial charge in [-0.05, 0) is 48.2 Å². The van der Waals surface area contributed by atoms with Crippen molar-refractivity contribution in [1.82, 2.24) is 9.91 Å². The first-order chi connectivity index (χ1) is 14.9. The van der Waals surface area contributed by atoms with Crippen molar-refractivity contribution in [1.29, 1.82) is 0 Å². The molecule has 2 aliphatic rings. The van der Waals surface area contributed by atoms with Gasteiger partial charge in [-0.3, -0.25) is 4.79 Å². The average Bonchev–Trinajstić information content (AvgIpc) is 3.33. The third kappa shape index (κ3) is 3.28. The van der Waals surface area contributed by atoms with Crippen molar-refractivity contribution in [2.45, 2.75) is 12.0 Å². The summed E-state index contributed by atoms with van der Waals surface area (Å²) in [4.78, 5) is 26.9. The van der Waals surface area contributed by atoms with Crippen LogP contribution >= 0.6 is 11.8 Å². The maximum absolute atomic E-state index is 12.7. The van der Waals surface area contributed by atoms with Crippen LogP contribution in [0.3, 0.4) is 0 Å². The Kier molecular flexibility index (Phi) is 5.32. The first-order valence-electron chi connectivity index (χ1n) is 9.41. The van der Waals surface area contributed by atoms with E-state index in [1.54, 1.807) is 12.1 Å². The van der Waals surface area contributed by atoms with E-state index in [4.69, 9.17) is 9.47 Å². The number of para-hydroxylation sites is 1. The Morgan fingerprint density at radius 1 is 1.00 bits per heavy atom. The molecule has 2 aromatic carbocycles. The van der Waals surface area contributed by atoms with Crippen LogP contribution in [0.4, 0.5) is 5.69 Å². The van der Waals surface area contributed by atoms with E-state index in [0.29, 0.717) is 17.3 Å². The SMILES string of the molecule is COC(=O)C1=NN(c2ccccc2)[C@]2(S1)N(C)C(c1ccc(OC)cc1)=NN2C(C)=O. The van der Waals surface area contributed by atoms with Gasteiger partial charge in [0.1, 0.15) is 5.75 Å². The molecule has 9 nitrogen and oxygen atoms in total. The molecule has 0 saturated heterocycles. The first-order valence-corrected chi connectivity index (χ1v) is 10.2. The number of hydrogen-bond acceptors (Lipinski definition) is 9. The number of hydrazone groups is 2. The van der Waals surface area contributed by atoms with Crippen molar-refractivity contribution >= 4 is 40.2 Å². The van der Waals surface area contributed by atoms with Gasteiger partial charge in [0.25, 0.3) is 5.12 Å². The van der Waals surface area contributed by atoms with Gasteiger partial charge >= 0.3 is 5.97 Å². The number of esters is 1. The molecule has 160 valence electrons. The van der Waals surface area contributed by atoms with Crippen LogP contribution < -0.4 is 9.75 Å². The van der Waals surface area contributed by atoms with E-state index in [9.17, 15) is 9.59 Å². The zero-order valence-electron chi connectivity index (χ0n) is 17.5. The highest BCUT2D eigenvalue weighted by Crippen LogP contribution is 2.48. The second-order valence-corrected chi connectivity index (χ2v) is 7.90. The van der Waals surface area contributed by atoms with E-state index < -0.39 is 11.1 Å². The summed E-state index contributed by atoms with van der Waals surface area (Å²) >= 11 is 1.10. The molecule has 1 atom stereocenters. The van der Waals surface area contributed by atoms with E-state index in [2.05, 4.69) is 10.2 Å². The molecule has 0 radical (unpaired) electrons. The molecule has 1 amide bonds.